The number of amides is 2. The van der Waals surface area contributed by atoms with Crippen LogP contribution in [-0.4, -0.2) is 26.6 Å². The van der Waals surface area contributed by atoms with Gasteiger partial charge in [-0.15, -0.1) is 0 Å². The van der Waals surface area contributed by atoms with Gasteiger partial charge in [-0.2, -0.15) is 5.10 Å². The third-order valence-electron chi connectivity index (χ3n) is 6.65. The predicted octanol–water partition coefficient (Wildman–Crippen LogP) is 4.09. The maximum atomic E-state index is 12.5. The first kappa shape index (κ1) is 18.7. The molecule has 3 N–H and O–H groups in total. The molecular formula is C25H21N5O2. The summed E-state index contributed by atoms with van der Waals surface area (Å²) in [5, 5.41) is 8.64. The second kappa shape index (κ2) is 6.75. The molecule has 0 radical (unpaired) electrons. The topological polar surface area (TPSA) is 103 Å². The van der Waals surface area contributed by atoms with E-state index in [9.17, 15) is 9.59 Å². The van der Waals surface area contributed by atoms with Crippen molar-refractivity contribution < 1.29 is 9.59 Å². The number of anilines is 1. The van der Waals surface area contributed by atoms with Gasteiger partial charge in [-0.25, -0.2) is 9.67 Å². The summed E-state index contributed by atoms with van der Waals surface area (Å²) < 4.78 is 1.82. The lowest BCUT2D eigenvalue weighted by molar-refractivity contribution is -0.120. The molecule has 0 unspecified atom stereocenters. The number of benzene rings is 2. The molecule has 1 saturated carbocycles. The summed E-state index contributed by atoms with van der Waals surface area (Å²) >= 11 is 0. The molecule has 0 bridgehead atoms. The lowest BCUT2D eigenvalue weighted by Gasteiger charge is -2.44. The lowest BCUT2D eigenvalue weighted by Crippen LogP contribution is -2.48. The van der Waals surface area contributed by atoms with Gasteiger partial charge < -0.3 is 11.1 Å². The third-order valence-corrected chi connectivity index (χ3v) is 6.65. The molecule has 7 nitrogen and oxygen atoms in total. The molecule has 1 fully saturated rings. The van der Waals surface area contributed by atoms with Crippen LogP contribution in [-0.2, 0) is 10.3 Å². The van der Waals surface area contributed by atoms with Gasteiger partial charge in [0.1, 0.15) is 17.1 Å². The molecular weight excluding hydrogens is 402 g/mol. The highest BCUT2D eigenvalue weighted by Crippen LogP contribution is 2.48. The first-order valence-corrected chi connectivity index (χ1v) is 10.7. The Bertz CT molecular complexity index is 1400. The van der Waals surface area contributed by atoms with Crippen LogP contribution in [0.3, 0.4) is 0 Å². The molecule has 4 aromatic rings. The highest BCUT2D eigenvalue weighted by atomic mass is 16.2. The third kappa shape index (κ3) is 2.74. The van der Waals surface area contributed by atoms with E-state index < -0.39 is 5.91 Å². The summed E-state index contributed by atoms with van der Waals surface area (Å²) in [7, 11) is 0. The summed E-state index contributed by atoms with van der Waals surface area (Å²) in [6.45, 7) is 0. The average molecular weight is 423 g/mol. The van der Waals surface area contributed by atoms with Gasteiger partial charge in [0.05, 0.1) is 23.2 Å². The first-order chi connectivity index (χ1) is 15.5. The Morgan fingerprint density at radius 2 is 1.81 bits per heavy atom. The Kier molecular flexibility index (Phi) is 3.95. The first-order valence-electron chi connectivity index (χ1n) is 10.7. The van der Waals surface area contributed by atoms with Gasteiger partial charge in [0, 0.05) is 16.5 Å². The molecule has 0 saturated heterocycles. The Labute approximate surface area is 184 Å². The van der Waals surface area contributed by atoms with Crippen LogP contribution in [0.25, 0.3) is 33.4 Å². The van der Waals surface area contributed by atoms with E-state index in [-0.39, 0.29) is 17.0 Å². The van der Waals surface area contributed by atoms with Crippen molar-refractivity contribution in [2.45, 2.75) is 31.2 Å². The number of nitrogens with two attached hydrogens (primary N) is 1. The van der Waals surface area contributed by atoms with Crippen molar-refractivity contribution in [1.82, 2.24) is 14.8 Å². The zero-order valence-corrected chi connectivity index (χ0v) is 17.3. The average Bonchev–Trinajstić information content (AvgIpc) is 3.17. The van der Waals surface area contributed by atoms with Crippen LogP contribution in [0.4, 0.5) is 5.82 Å². The molecule has 1 spiro atoms. The van der Waals surface area contributed by atoms with Crippen LogP contribution in [0.5, 0.6) is 0 Å². The number of fused-ring (bicyclic) bond motifs is 3. The fraction of sp³-hybridized carbons (Fsp3) is 0.200. The van der Waals surface area contributed by atoms with Gasteiger partial charge in [-0.3, -0.25) is 9.59 Å². The fourth-order valence-corrected chi connectivity index (χ4v) is 4.87. The Hall–Kier alpha value is -4.00. The van der Waals surface area contributed by atoms with Crippen molar-refractivity contribution >= 4 is 28.5 Å². The van der Waals surface area contributed by atoms with Crippen molar-refractivity contribution in [3.05, 3.63) is 66.2 Å². The minimum absolute atomic E-state index is 0.0983. The molecule has 32 heavy (non-hydrogen) atoms. The summed E-state index contributed by atoms with van der Waals surface area (Å²) in [5.74, 6) is -0.294. The van der Waals surface area contributed by atoms with Crippen molar-refractivity contribution in [1.29, 1.82) is 0 Å². The van der Waals surface area contributed by atoms with Crippen LogP contribution >= 0.6 is 0 Å². The van der Waals surface area contributed by atoms with Gasteiger partial charge in [0.25, 0.3) is 5.91 Å². The fourth-order valence-electron chi connectivity index (χ4n) is 4.87. The zero-order valence-electron chi connectivity index (χ0n) is 17.3. The molecule has 3 heterocycles. The van der Waals surface area contributed by atoms with Crippen LogP contribution in [0.1, 0.15) is 36.0 Å². The molecule has 2 aromatic heterocycles. The van der Waals surface area contributed by atoms with E-state index in [0.717, 1.165) is 47.0 Å². The number of carbonyl (C=O) groups is 2. The van der Waals surface area contributed by atoms with E-state index in [2.05, 4.69) is 5.32 Å². The molecule has 6 rings (SSSR count). The smallest absolute Gasteiger partial charge is 0.254 e. The molecule has 2 aromatic carbocycles. The number of aromatic nitrogens is 3. The van der Waals surface area contributed by atoms with E-state index in [0.29, 0.717) is 17.9 Å². The Morgan fingerprint density at radius 1 is 1.03 bits per heavy atom. The largest absolute Gasteiger partial charge is 0.365 e. The van der Waals surface area contributed by atoms with Gasteiger partial charge in [0.15, 0.2) is 0 Å². The summed E-state index contributed by atoms with van der Waals surface area (Å²) in [4.78, 5) is 29.7. The van der Waals surface area contributed by atoms with Crippen molar-refractivity contribution in [3.63, 3.8) is 0 Å². The van der Waals surface area contributed by atoms with Crippen LogP contribution < -0.4 is 11.1 Å². The number of rotatable bonds is 3. The molecule has 1 aliphatic carbocycles. The number of nitrogens with zero attached hydrogens (tertiary/aromatic N) is 3. The van der Waals surface area contributed by atoms with E-state index in [1.807, 2.05) is 65.3 Å². The number of primary amides is 1. The highest BCUT2D eigenvalue weighted by Gasteiger charge is 2.47. The number of carbonyl (C=O) groups excluding carboxylic acids is 2. The zero-order chi connectivity index (χ0) is 21.9. The van der Waals surface area contributed by atoms with Crippen molar-refractivity contribution in [2.24, 2.45) is 5.73 Å². The monoisotopic (exact) mass is 423 g/mol. The Morgan fingerprint density at radius 3 is 2.53 bits per heavy atom. The van der Waals surface area contributed by atoms with E-state index >= 15 is 0 Å². The standard InChI is InChI=1S/C25H21N5O2/c26-23(32)21-22(29-30-24(21)28-20(31)14-25(30)11-4-12-25)17-8-7-16-9-10-18(27-19(16)13-17)15-5-2-1-3-6-15/h1-3,5-10,13H,4,11-12,14H2,(H2,26,32)(H,28,31). The minimum atomic E-state index is -0.607. The molecule has 158 valence electrons. The summed E-state index contributed by atoms with van der Waals surface area (Å²) in [6.07, 6.45) is 3.15. The molecule has 7 heteroatoms. The summed E-state index contributed by atoms with van der Waals surface area (Å²) in [5.41, 5.74) is 9.60. The van der Waals surface area contributed by atoms with Crippen LogP contribution in [0.2, 0.25) is 0 Å². The number of hydrogen-bond donors (Lipinski definition) is 2. The Balaban J connectivity index is 1.52. The lowest BCUT2D eigenvalue weighted by atomic mass is 9.73. The maximum Gasteiger partial charge on any atom is 0.254 e. The predicted molar refractivity (Wildman–Crippen MR) is 122 cm³/mol. The number of pyridine rings is 1. The quantitative estimate of drug-likeness (QED) is 0.518. The highest BCUT2D eigenvalue weighted by molar-refractivity contribution is 6.08. The van der Waals surface area contributed by atoms with Crippen LogP contribution in [0, 0.1) is 0 Å². The van der Waals surface area contributed by atoms with E-state index in [1.165, 1.54) is 0 Å². The minimum Gasteiger partial charge on any atom is -0.365 e. The van der Waals surface area contributed by atoms with Crippen molar-refractivity contribution in [3.8, 4) is 22.5 Å². The maximum absolute atomic E-state index is 12.5. The molecule has 1 aliphatic heterocycles. The summed E-state index contributed by atoms with van der Waals surface area (Å²) in [6, 6.07) is 19.8. The number of hydrogen-bond acceptors (Lipinski definition) is 4. The second-order valence-corrected chi connectivity index (χ2v) is 8.62. The normalized spacial score (nSPS) is 16.4. The van der Waals surface area contributed by atoms with Crippen LogP contribution in [0.15, 0.2) is 60.7 Å². The van der Waals surface area contributed by atoms with Gasteiger partial charge in [0.2, 0.25) is 5.91 Å². The van der Waals surface area contributed by atoms with E-state index in [1.54, 1.807) is 0 Å². The van der Waals surface area contributed by atoms with E-state index in [4.69, 9.17) is 15.8 Å². The molecule has 2 amide bonds. The van der Waals surface area contributed by atoms with Gasteiger partial charge >= 0.3 is 0 Å². The SMILES string of the molecule is NC(=O)c1c(-c2ccc3ccc(-c4ccccc4)nc3c2)nn2c1NC(=O)CC21CCC1. The number of nitrogens with one attached hydrogen (secondary N) is 1. The van der Waals surface area contributed by atoms with Gasteiger partial charge in [-0.05, 0) is 31.4 Å². The molecule has 0 atom stereocenters. The van der Waals surface area contributed by atoms with Crippen molar-refractivity contribution in [2.75, 3.05) is 5.32 Å². The molecule has 2 aliphatic rings. The van der Waals surface area contributed by atoms with Gasteiger partial charge in [-0.1, -0.05) is 48.5 Å². The second-order valence-electron chi connectivity index (χ2n) is 8.62.